The molecule has 1 aliphatic rings. The zero-order valence-electron chi connectivity index (χ0n) is 11.7. The molecule has 0 spiro atoms. The standard InChI is InChI=1S/C16H11F3N2O2/c1-9-2-3-10-8-13(15(22)23)20-14(10)21(9)12-6-4-11(5-7-12)16(17,18)19/h2-8,20H,1H2,(H,22,23). The fourth-order valence-electron chi connectivity index (χ4n) is 2.39. The molecule has 0 aliphatic carbocycles. The van der Waals surface area contributed by atoms with Gasteiger partial charge in [0.15, 0.2) is 0 Å². The molecule has 0 atom stereocenters. The Morgan fingerprint density at radius 3 is 2.39 bits per heavy atom. The lowest BCUT2D eigenvalue weighted by atomic mass is 10.1. The van der Waals surface area contributed by atoms with E-state index in [0.717, 1.165) is 12.1 Å². The number of nitrogens with zero attached hydrogens (tertiary/aromatic N) is 1. The molecule has 3 rings (SSSR count). The van der Waals surface area contributed by atoms with E-state index in [2.05, 4.69) is 11.6 Å². The maximum atomic E-state index is 12.7. The van der Waals surface area contributed by atoms with Gasteiger partial charge in [-0.15, -0.1) is 0 Å². The highest BCUT2D eigenvalue weighted by Gasteiger charge is 2.30. The van der Waals surface area contributed by atoms with Crippen LogP contribution in [0.4, 0.5) is 24.7 Å². The minimum atomic E-state index is -4.41. The first-order chi connectivity index (χ1) is 10.8. The minimum absolute atomic E-state index is 0.00809. The van der Waals surface area contributed by atoms with Crippen molar-refractivity contribution in [2.24, 2.45) is 0 Å². The Hall–Kier alpha value is -2.96. The van der Waals surface area contributed by atoms with Gasteiger partial charge in [-0.05, 0) is 42.5 Å². The van der Waals surface area contributed by atoms with Crippen molar-refractivity contribution in [3.8, 4) is 0 Å². The number of hydrogen-bond acceptors (Lipinski definition) is 2. The first-order valence-corrected chi connectivity index (χ1v) is 6.58. The number of aromatic amines is 1. The summed E-state index contributed by atoms with van der Waals surface area (Å²) >= 11 is 0. The first kappa shape index (κ1) is 15.0. The Kier molecular flexibility index (Phi) is 3.28. The van der Waals surface area contributed by atoms with Gasteiger partial charge in [-0.25, -0.2) is 4.79 Å². The zero-order valence-corrected chi connectivity index (χ0v) is 11.7. The molecule has 0 saturated carbocycles. The summed E-state index contributed by atoms with van der Waals surface area (Å²) in [6, 6.07) is 6.04. The third kappa shape index (κ3) is 2.61. The molecule has 2 aromatic rings. The van der Waals surface area contributed by atoms with Gasteiger partial charge in [0, 0.05) is 16.9 Å². The third-order valence-corrected chi connectivity index (χ3v) is 3.48. The SMILES string of the molecule is C=C1C=Cc2cc(C(=O)O)[nH]c2N1c1ccc(C(F)(F)F)cc1. The van der Waals surface area contributed by atoms with Crippen molar-refractivity contribution in [3.63, 3.8) is 0 Å². The van der Waals surface area contributed by atoms with E-state index in [1.807, 2.05) is 0 Å². The summed E-state index contributed by atoms with van der Waals surface area (Å²) in [5.74, 6) is -0.666. The molecule has 1 aromatic heterocycles. The Balaban J connectivity index is 2.04. The molecular formula is C16H11F3N2O2. The normalized spacial score (nSPS) is 14.0. The highest BCUT2D eigenvalue weighted by molar-refractivity contribution is 5.91. The summed E-state index contributed by atoms with van der Waals surface area (Å²) in [6.07, 6.45) is -1.05. The van der Waals surface area contributed by atoms with E-state index in [-0.39, 0.29) is 5.69 Å². The lowest BCUT2D eigenvalue weighted by molar-refractivity contribution is -0.137. The fourth-order valence-corrected chi connectivity index (χ4v) is 2.39. The molecule has 2 heterocycles. The largest absolute Gasteiger partial charge is 0.477 e. The Bertz CT molecular complexity index is 817. The van der Waals surface area contributed by atoms with Gasteiger partial charge in [-0.2, -0.15) is 13.2 Å². The van der Waals surface area contributed by atoms with Crippen LogP contribution in [-0.2, 0) is 6.18 Å². The second kappa shape index (κ2) is 5.05. The quantitative estimate of drug-likeness (QED) is 0.862. The van der Waals surface area contributed by atoms with Gasteiger partial charge in [0.25, 0.3) is 0 Å². The molecule has 7 heteroatoms. The Labute approximate surface area is 129 Å². The summed E-state index contributed by atoms with van der Waals surface area (Å²) in [7, 11) is 0. The molecular weight excluding hydrogens is 309 g/mol. The smallest absolute Gasteiger partial charge is 0.416 e. The number of H-pyrrole nitrogens is 1. The predicted octanol–water partition coefficient (Wildman–Crippen LogP) is 4.41. The van der Waals surface area contributed by atoms with Gasteiger partial charge in [-0.3, -0.25) is 4.90 Å². The second-order valence-corrected chi connectivity index (χ2v) is 5.00. The number of aromatic carboxylic acids is 1. The summed E-state index contributed by atoms with van der Waals surface area (Å²) in [6.45, 7) is 3.85. The Morgan fingerprint density at radius 1 is 1.17 bits per heavy atom. The monoisotopic (exact) mass is 320 g/mol. The van der Waals surface area contributed by atoms with Gasteiger partial charge >= 0.3 is 12.1 Å². The van der Waals surface area contributed by atoms with Crippen LogP contribution in [0, 0.1) is 0 Å². The average molecular weight is 320 g/mol. The lowest BCUT2D eigenvalue weighted by Crippen LogP contribution is -2.18. The summed E-state index contributed by atoms with van der Waals surface area (Å²) in [4.78, 5) is 15.4. The van der Waals surface area contributed by atoms with Crippen LogP contribution in [0.2, 0.25) is 0 Å². The second-order valence-electron chi connectivity index (χ2n) is 5.00. The number of rotatable bonds is 2. The van der Waals surface area contributed by atoms with Crippen LogP contribution in [0.25, 0.3) is 6.08 Å². The number of alkyl halides is 3. The highest BCUT2D eigenvalue weighted by Crippen LogP contribution is 2.38. The van der Waals surface area contributed by atoms with Crippen LogP contribution in [-0.4, -0.2) is 16.1 Å². The number of halogens is 3. The van der Waals surface area contributed by atoms with Crippen molar-refractivity contribution in [1.82, 2.24) is 4.98 Å². The molecule has 1 aromatic carbocycles. The van der Waals surface area contributed by atoms with E-state index in [4.69, 9.17) is 5.11 Å². The summed E-state index contributed by atoms with van der Waals surface area (Å²) in [5.41, 5.74) is 0.821. The fraction of sp³-hybridized carbons (Fsp3) is 0.0625. The summed E-state index contributed by atoms with van der Waals surface area (Å²) < 4.78 is 38.0. The number of carbonyl (C=O) groups is 1. The van der Waals surface area contributed by atoms with Crippen molar-refractivity contribution in [2.75, 3.05) is 4.90 Å². The van der Waals surface area contributed by atoms with Crippen molar-refractivity contribution < 1.29 is 23.1 Å². The maximum Gasteiger partial charge on any atom is 0.416 e. The van der Waals surface area contributed by atoms with Gasteiger partial charge in [0.2, 0.25) is 0 Å². The highest BCUT2D eigenvalue weighted by atomic mass is 19.4. The molecule has 1 aliphatic heterocycles. The number of nitrogens with one attached hydrogen (secondary N) is 1. The molecule has 118 valence electrons. The number of benzene rings is 1. The topological polar surface area (TPSA) is 56.3 Å². The van der Waals surface area contributed by atoms with Gasteiger partial charge < -0.3 is 10.1 Å². The molecule has 2 N–H and O–H groups in total. The minimum Gasteiger partial charge on any atom is -0.477 e. The lowest BCUT2D eigenvalue weighted by Gasteiger charge is -2.27. The molecule has 23 heavy (non-hydrogen) atoms. The number of aromatic nitrogens is 1. The van der Waals surface area contributed by atoms with Crippen LogP contribution in [0.15, 0.2) is 48.7 Å². The van der Waals surface area contributed by atoms with E-state index in [1.165, 1.54) is 18.2 Å². The van der Waals surface area contributed by atoms with Crippen molar-refractivity contribution in [3.05, 3.63) is 65.5 Å². The predicted molar refractivity (Wildman–Crippen MR) is 79.5 cm³/mol. The van der Waals surface area contributed by atoms with Crippen molar-refractivity contribution >= 4 is 23.6 Å². The molecule has 0 radical (unpaired) electrons. The zero-order chi connectivity index (χ0) is 16.8. The number of anilines is 2. The van der Waals surface area contributed by atoms with Crippen molar-refractivity contribution in [1.29, 1.82) is 0 Å². The van der Waals surface area contributed by atoms with Gasteiger partial charge in [-0.1, -0.05) is 6.58 Å². The number of fused-ring (bicyclic) bond motifs is 1. The number of allylic oxidation sites excluding steroid dienone is 1. The van der Waals surface area contributed by atoms with E-state index in [9.17, 15) is 18.0 Å². The van der Waals surface area contributed by atoms with Gasteiger partial charge in [0.05, 0.1) is 5.56 Å². The number of carboxylic acids is 1. The summed E-state index contributed by atoms with van der Waals surface area (Å²) in [5, 5.41) is 9.06. The van der Waals surface area contributed by atoms with E-state index in [1.54, 1.807) is 17.1 Å². The molecule has 0 saturated heterocycles. The number of hydrogen-bond donors (Lipinski definition) is 2. The molecule has 0 bridgehead atoms. The van der Waals surface area contributed by atoms with Crippen LogP contribution >= 0.6 is 0 Å². The van der Waals surface area contributed by atoms with Gasteiger partial charge in [0.1, 0.15) is 11.5 Å². The maximum absolute atomic E-state index is 12.7. The van der Waals surface area contributed by atoms with Crippen LogP contribution in [0.3, 0.4) is 0 Å². The molecule has 0 amide bonds. The van der Waals surface area contributed by atoms with Crippen LogP contribution < -0.4 is 4.90 Å². The number of carboxylic acid groups (broad SMARTS) is 1. The van der Waals surface area contributed by atoms with E-state index < -0.39 is 17.7 Å². The molecule has 0 fully saturated rings. The molecule has 0 unspecified atom stereocenters. The third-order valence-electron chi connectivity index (χ3n) is 3.48. The molecule has 4 nitrogen and oxygen atoms in total. The van der Waals surface area contributed by atoms with E-state index >= 15 is 0 Å². The van der Waals surface area contributed by atoms with Crippen LogP contribution in [0.5, 0.6) is 0 Å². The van der Waals surface area contributed by atoms with Crippen LogP contribution in [0.1, 0.15) is 21.6 Å². The Morgan fingerprint density at radius 2 is 1.83 bits per heavy atom. The average Bonchev–Trinajstić information content (AvgIpc) is 2.90. The van der Waals surface area contributed by atoms with Crippen molar-refractivity contribution in [2.45, 2.75) is 6.18 Å². The first-order valence-electron chi connectivity index (χ1n) is 6.58. The van der Waals surface area contributed by atoms with E-state index in [0.29, 0.717) is 22.8 Å².